The van der Waals surface area contributed by atoms with Crippen LogP contribution in [0.1, 0.15) is 5.37 Å². The van der Waals surface area contributed by atoms with Crippen LogP contribution in [0.15, 0.2) is 17.1 Å². The minimum absolute atomic E-state index is 0. The summed E-state index contributed by atoms with van der Waals surface area (Å²) in [6.45, 7) is -0.267. The molecular formula is C9H14ClN3O4S. The highest BCUT2D eigenvalue weighted by Gasteiger charge is 2.43. The molecule has 2 rings (SSSR count). The molecule has 0 spiro atoms. The standard InChI is InChI=1S/C9H13N3O4S.ClH/c10-5-1-2-12(9(16)11-5)8-7(15)6(14)4(3-13)17-8;/h1-2,4,6-8,13-15H,3H2,(H2,10,11,16);1H/t4-,6?,7?,8-;/m1./s1. The van der Waals surface area contributed by atoms with Crippen molar-refractivity contribution in [2.75, 3.05) is 12.3 Å². The number of aliphatic hydroxyl groups excluding tert-OH is 3. The molecule has 1 fully saturated rings. The lowest BCUT2D eigenvalue weighted by atomic mass is 10.1. The normalized spacial score (nSPS) is 31.1. The fourth-order valence-electron chi connectivity index (χ4n) is 1.73. The van der Waals surface area contributed by atoms with Gasteiger partial charge in [-0.3, -0.25) is 4.57 Å². The minimum Gasteiger partial charge on any atom is -0.395 e. The zero-order chi connectivity index (χ0) is 12.6. The van der Waals surface area contributed by atoms with Gasteiger partial charge in [0.25, 0.3) is 0 Å². The van der Waals surface area contributed by atoms with Gasteiger partial charge >= 0.3 is 5.69 Å². The summed E-state index contributed by atoms with van der Waals surface area (Å²) < 4.78 is 1.20. The van der Waals surface area contributed by atoms with E-state index in [4.69, 9.17) is 10.8 Å². The highest BCUT2D eigenvalue weighted by molar-refractivity contribution is 8.00. The van der Waals surface area contributed by atoms with Crippen molar-refractivity contribution < 1.29 is 15.3 Å². The van der Waals surface area contributed by atoms with E-state index in [1.165, 1.54) is 16.8 Å². The number of rotatable bonds is 2. The molecule has 102 valence electrons. The Hall–Kier alpha value is -0.800. The number of aliphatic hydroxyl groups is 3. The number of halogens is 1. The molecule has 5 N–H and O–H groups in total. The van der Waals surface area contributed by atoms with Crippen LogP contribution in [0.4, 0.5) is 5.82 Å². The molecule has 1 saturated heterocycles. The summed E-state index contributed by atoms with van der Waals surface area (Å²) in [6.07, 6.45) is -0.780. The lowest BCUT2D eigenvalue weighted by molar-refractivity contribution is 0.0101. The first-order chi connectivity index (χ1) is 8.04. The van der Waals surface area contributed by atoms with Crippen LogP contribution in [0.2, 0.25) is 0 Å². The van der Waals surface area contributed by atoms with Crippen LogP contribution in [-0.4, -0.2) is 48.9 Å². The monoisotopic (exact) mass is 295 g/mol. The molecule has 0 amide bonds. The van der Waals surface area contributed by atoms with E-state index in [-0.39, 0.29) is 24.8 Å². The van der Waals surface area contributed by atoms with Crippen LogP contribution < -0.4 is 11.4 Å². The Morgan fingerprint density at radius 3 is 2.61 bits per heavy atom. The van der Waals surface area contributed by atoms with Gasteiger partial charge in [-0.25, -0.2) is 4.79 Å². The number of anilines is 1. The van der Waals surface area contributed by atoms with E-state index >= 15 is 0 Å². The van der Waals surface area contributed by atoms with Crippen molar-refractivity contribution in [2.45, 2.75) is 22.8 Å². The number of nitrogens with two attached hydrogens (primary N) is 1. The Labute approximate surface area is 113 Å². The summed E-state index contributed by atoms with van der Waals surface area (Å²) in [4.78, 5) is 15.1. The van der Waals surface area contributed by atoms with Crippen molar-refractivity contribution in [3.05, 3.63) is 22.7 Å². The van der Waals surface area contributed by atoms with E-state index in [1.54, 1.807) is 0 Å². The van der Waals surface area contributed by atoms with Crippen LogP contribution in [0.5, 0.6) is 0 Å². The van der Waals surface area contributed by atoms with Crippen molar-refractivity contribution in [3.63, 3.8) is 0 Å². The quantitative estimate of drug-likeness (QED) is 0.528. The van der Waals surface area contributed by atoms with E-state index in [0.717, 1.165) is 11.8 Å². The average molecular weight is 296 g/mol. The van der Waals surface area contributed by atoms with Gasteiger partial charge in [-0.15, -0.1) is 24.2 Å². The average Bonchev–Trinajstić information content (AvgIpc) is 2.57. The van der Waals surface area contributed by atoms with Crippen LogP contribution in [-0.2, 0) is 0 Å². The molecule has 0 saturated carbocycles. The summed E-state index contributed by atoms with van der Waals surface area (Å²) in [5.74, 6) is 0.1000. The van der Waals surface area contributed by atoms with Crippen LogP contribution in [0.25, 0.3) is 0 Å². The van der Waals surface area contributed by atoms with Gasteiger partial charge in [0.2, 0.25) is 0 Å². The Bertz CT molecular complexity index is 471. The van der Waals surface area contributed by atoms with Crippen LogP contribution in [0, 0.1) is 0 Å². The summed E-state index contributed by atoms with van der Waals surface area (Å²) in [5.41, 5.74) is 4.77. The van der Waals surface area contributed by atoms with Gasteiger partial charge in [0, 0.05) is 6.20 Å². The third kappa shape index (κ3) is 2.62. The van der Waals surface area contributed by atoms with Crippen molar-refractivity contribution in [2.24, 2.45) is 0 Å². The smallest absolute Gasteiger partial charge is 0.350 e. The maximum Gasteiger partial charge on any atom is 0.350 e. The van der Waals surface area contributed by atoms with Gasteiger partial charge in [-0.2, -0.15) is 4.98 Å². The van der Waals surface area contributed by atoms with Crippen molar-refractivity contribution in [3.8, 4) is 0 Å². The Kier molecular flexibility index (Phi) is 5.00. The topological polar surface area (TPSA) is 122 Å². The first-order valence-corrected chi connectivity index (χ1v) is 5.96. The number of nitrogens with zero attached hydrogens (tertiary/aromatic N) is 2. The molecule has 9 heteroatoms. The molecule has 7 nitrogen and oxygen atoms in total. The number of hydrogen-bond acceptors (Lipinski definition) is 7. The highest BCUT2D eigenvalue weighted by Crippen LogP contribution is 2.40. The summed E-state index contributed by atoms with van der Waals surface area (Å²) in [5, 5.41) is 27.3. The van der Waals surface area contributed by atoms with Gasteiger partial charge in [-0.05, 0) is 6.07 Å². The third-order valence-electron chi connectivity index (χ3n) is 2.64. The number of aromatic nitrogens is 2. The molecule has 1 aliphatic rings. The second-order valence-electron chi connectivity index (χ2n) is 3.77. The third-order valence-corrected chi connectivity index (χ3v) is 4.21. The van der Waals surface area contributed by atoms with Crippen molar-refractivity contribution in [1.82, 2.24) is 9.55 Å². The van der Waals surface area contributed by atoms with Gasteiger partial charge in [0.1, 0.15) is 17.3 Å². The van der Waals surface area contributed by atoms with E-state index in [0.29, 0.717) is 0 Å². The molecule has 0 aliphatic carbocycles. The summed E-state index contributed by atoms with van der Waals surface area (Å²) >= 11 is 1.13. The van der Waals surface area contributed by atoms with E-state index in [9.17, 15) is 15.0 Å². The molecule has 18 heavy (non-hydrogen) atoms. The van der Waals surface area contributed by atoms with E-state index < -0.39 is 28.5 Å². The van der Waals surface area contributed by atoms with Crippen LogP contribution >= 0.6 is 24.2 Å². The molecular weight excluding hydrogens is 282 g/mol. The minimum atomic E-state index is -1.12. The molecule has 1 aliphatic heterocycles. The molecule has 2 unspecified atom stereocenters. The van der Waals surface area contributed by atoms with Gasteiger partial charge < -0.3 is 21.1 Å². The second-order valence-corrected chi connectivity index (χ2v) is 5.13. The molecule has 0 aromatic carbocycles. The summed E-state index contributed by atoms with van der Waals surface area (Å²) in [7, 11) is 0. The fourth-order valence-corrected chi connectivity index (χ4v) is 3.11. The molecule has 1 aromatic rings. The molecule has 0 bridgehead atoms. The second kappa shape index (κ2) is 5.89. The first-order valence-electron chi connectivity index (χ1n) is 5.01. The molecule has 0 radical (unpaired) electrons. The van der Waals surface area contributed by atoms with Crippen molar-refractivity contribution in [1.29, 1.82) is 0 Å². The van der Waals surface area contributed by atoms with E-state index in [2.05, 4.69) is 4.98 Å². The van der Waals surface area contributed by atoms with Crippen molar-refractivity contribution >= 4 is 30.0 Å². The van der Waals surface area contributed by atoms with Gasteiger partial charge in [0.15, 0.2) is 0 Å². The van der Waals surface area contributed by atoms with E-state index in [1.807, 2.05) is 0 Å². The number of hydrogen-bond donors (Lipinski definition) is 4. The highest BCUT2D eigenvalue weighted by atomic mass is 35.5. The molecule has 2 heterocycles. The predicted molar refractivity (Wildman–Crippen MR) is 69.7 cm³/mol. The molecule has 4 atom stereocenters. The van der Waals surface area contributed by atoms with Gasteiger partial charge in [0.05, 0.1) is 18.0 Å². The lowest BCUT2D eigenvalue weighted by Crippen LogP contribution is -2.36. The maximum absolute atomic E-state index is 11.6. The largest absolute Gasteiger partial charge is 0.395 e. The summed E-state index contributed by atoms with van der Waals surface area (Å²) in [6, 6.07) is 1.44. The zero-order valence-corrected chi connectivity index (χ0v) is 10.8. The SMILES string of the molecule is Cl.Nc1ccn([C@@H]2S[C@H](CO)C(O)C2O)c(=O)n1. The molecule has 1 aromatic heterocycles. The Morgan fingerprint density at radius 1 is 1.44 bits per heavy atom. The Morgan fingerprint density at radius 2 is 2.11 bits per heavy atom. The Balaban J connectivity index is 0.00000162. The van der Waals surface area contributed by atoms with Crippen LogP contribution in [0.3, 0.4) is 0 Å². The number of nitrogen functional groups attached to an aromatic ring is 1. The lowest BCUT2D eigenvalue weighted by Gasteiger charge is -2.17. The first kappa shape index (κ1) is 15.3. The van der Waals surface area contributed by atoms with Gasteiger partial charge in [-0.1, -0.05) is 0 Å². The zero-order valence-electron chi connectivity index (χ0n) is 9.21. The predicted octanol–water partition coefficient (Wildman–Crippen LogP) is -1.42. The fraction of sp³-hybridized carbons (Fsp3) is 0.556. The number of thioether (sulfide) groups is 1. The maximum atomic E-state index is 11.6.